The first-order valence-corrected chi connectivity index (χ1v) is 7.10. The zero-order chi connectivity index (χ0) is 16.0. The summed E-state index contributed by atoms with van der Waals surface area (Å²) in [5, 5.41) is 8.91. The van der Waals surface area contributed by atoms with Crippen LogP contribution in [0.15, 0.2) is 18.2 Å². The van der Waals surface area contributed by atoms with Gasteiger partial charge in [-0.2, -0.15) is 0 Å². The van der Waals surface area contributed by atoms with Crippen LogP contribution in [0.2, 0.25) is 0 Å². The summed E-state index contributed by atoms with van der Waals surface area (Å²) in [5.41, 5.74) is 0.996. The summed E-state index contributed by atoms with van der Waals surface area (Å²) in [5.74, 6) is 0.759. The Morgan fingerprint density at radius 2 is 1.90 bits per heavy atom. The molecule has 5 nitrogen and oxygen atoms in total. The van der Waals surface area contributed by atoms with E-state index in [9.17, 15) is 4.79 Å². The third-order valence-corrected chi connectivity index (χ3v) is 3.63. The molecule has 0 aliphatic rings. The summed E-state index contributed by atoms with van der Waals surface area (Å²) in [4.78, 5) is 13.0. The molecule has 0 fully saturated rings. The highest BCUT2D eigenvalue weighted by Crippen LogP contribution is 2.33. The second-order valence-electron chi connectivity index (χ2n) is 5.26. The molecule has 0 heterocycles. The van der Waals surface area contributed by atoms with Gasteiger partial charge in [0.25, 0.3) is 0 Å². The highest BCUT2D eigenvalue weighted by Gasteiger charge is 2.22. The Kier molecular flexibility index (Phi) is 6.49. The minimum Gasteiger partial charge on any atom is -0.497 e. The van der Waals surface area contributed by atoms with Crippen molar-refractivity contribution in [2.45, 2.75) is 39.3 Å². The Hall–Kier alpha value is -1.75. The van der Waals surface area contributed by atoms with Crippen molar-refractivity contribution >= 4 is 5.97 Å². The van der Waals surface area contributed by atoms with Crippen LogP contribution >= 0.6 is 0 Å². The van der Waals surface area contributed by atoms with Crippen molar-refractivity contribution in [3.8, 4) is 11.5 Å². The molecule has 0 saturated heterocycles. The van der Waals surface area contributed by atoms with E-state index in [0.29, 0.717) is 6.54 Å². The second kappa shape index (κ2) is 7.88. The zero-order valence-corrected chi connectivity index (χ0v) is 13.4. The summed E-state index contributed by atoms with van der Waals surface area (Å²) in [7, 11) is 3.26. The molecule has 0 aliphatic heterocycles. The highest BCUT2D eigenvalue weighted by molar-refractivity contribution is 5.66. The fourth-order valence-corrected chi connectivity index (χ4v) is 2.47. The number of carboxylic acids is 1. The van der Waals surface area contributed by atoms with E-state index >= 15 is 0 Å². The molecule has 1 aromatic rings. The molecule has 0 spiro atoms. The minimum atomic E-state index is -0.787. The second-order valence-corrected chi connectivity index (χ2v) is 5.26. The predicted molar refractivity (Wildman–Crippen MR) is 82.1 cm³/mol. The Balaban J connectivity index is 3.06. The monoisotopic (exact) mass is 295 g/mol. The molecule has 0 radical (unpaired) electrons. The number of rotatable bonds is 8. The number of carboxylic acid groups (broad SMARTS) is 1. The van der Waals surface area contributed by atoms with Gasteiger partial charge in [-0.1, -0.05) is 0 Å². The van der Waals surface area contributed by atoms with Gasteiger partial charge in [0.2, 0.25) is 0 Å². The fourth-order valence-electron chi connectivity index (χ4n) is 2.47. The quantitative estimate of drug-likeness (QED) is 0.799. The number of ether oxygens (including phenoxy) is 2. The summed E-state index contributed by atoms with van der Waals surface area (Å²) in [6.07, 6.45) is 0.120. The first-order valence-electron chi connectivity index (χ1n) is 7.10. The topological polar surface area (TPSA) is 59.0 Å². The van der Waals surface area contributed by atoms with Crippen LogP contribution in [0.4, 0.5) is 0 Å². The maximum absolute atomic E-state index is 10.8. The van der Waals surface area contributed by atoms with Crippen LogP contribution in [0.1, 0.15) is 38.8 Å². The summed E-state index contributed by atoms with van der Waals surface area (Å²) in [6, 6.07) is 5.94. The molecular weight excluding hydrogens is 270 g/mol. The van der Waals surface area contributed by atoms with Crippen LogP contribution < -0.4 is 9.47 Å². The van der Waals surface area contributed by atoms with E-state index in [2.05, 4.69) is 25.7 Å². The van der Waals surface area contributed by atoms with Gasteiger partial charge >= 0.3 is 5.97 Å². The van der Waals surface area contributed by atoms with Crippen LogP contribution in [0, 0.1) is 0 Å². The van der Waals surface area contributed by atoms with Crippen molar-refractivity contribution in [3.63, 3.8) is 0 Å². The van der Waals surface area contributed by atoms with Crippen molar-refractivity contribution in [1.82, 2.24) is 4.90 Å². The van der Waals surface area contributed by atoms with Gasteiger partial charge in [0, 0.05) is 24.2 Å². The fraction of sp³-hybridized carbons (Fsp3) is 0.562. The van der Waals surface area contributed by atoms with E-state index in [-0.39, 0.29) is 18.5 Å². The molecule has 1 aromatic carbocycles. The molecule has 118 valence electrons. The van der Waals surface area contributed by atoms with Crippen LogP contribution in [0.3, 0.4) is 0 Å². The Morgan fingerprint density at radius 3 is 2.38 bits per heavy atom. The van der Waals surface area contributed by atoms with Crippen molar-refractivity contribution in [3.05, 3.63) is 23.8 Å². The van der Waals surface area contributed by atoms with Crippen LogP contribution in [-0.4, -0.2) is 42.8 Å². The van der Waals surface area contributed by atoms with Crippen LogP contribution in [-0.2, 0) is 4.79 Å². The molecule has 1 rings (SSSR count). The van der Waals surface area contributed by atoms with E-state index in [1.807, 2.05) is 18.2 Å². The van der Waals surface area contributed by atoms with Gasteiger partial charge in [-0.25, -0.2) is 0 Å². The molecule has 1 unspecified atom stereocenters. The maximum atomic E-state index is 10.8. The average Bonchev–Trinajstić information content (AvgIpc) is 2.45. The summed E-state index contributed by atoms with van der Waals surface area (Å²) in [6.45, 7) is 6.67. The van der Waals surface area contributed by atoms with Gasteiger partial charge in [0.05, 0.1) is 20.6 Å². The number of methoxy groups -OCH3 is 2. The van der Waals surface area contributed by atoms with Crippen molar-refractivity contribution in [1.29, 1.82) is 0 Å². The van der Waals surface area contributed by atoms with Crippen LogP contribution in [0.25, 0.3) is 0 Å². The van der Waals surface area contributed by atoms with E-state index < -0.39 is 5.97 Å². The molecule has 0 amide bonds. The minimum absolute atomic E-state index is 0.0365. The number of hydrogen-bond donors (Lipinski definition) is 1. The first-order chi connectivity index (χ1) is 9.90. The van der Waals surface area contributed by atoms with Crippen LogP contribution in [0.5, 0.6) is 11.5 Å². The van der Waals surface area contributed by atoms with Gasteiger partial charge in [-0.05, 0) is 39.0 Å². The van der Waals surface area contributed by atoms with E-state index in [0.717, 1.165) is 17.1 Å². The number of carbonyl (C=O) groups is 1. The Labute approximate surface area is 126 Å². The van der Waals surface area contributed by atoms with Crippen molar-refractivity contribution in [2.75, 3.05) is 20.8 Å². The van der Waals surface area contributed by atoms with E-state index in [1.54, 1.807) is 14.2 Å². The maximum Gasteiger partial charge on any atom is 0.304 e. The smallest absolute Gasteiger partial charge is 0.304 e. The van der Waals surface area contributed by atoms with Gasteiger partial charge in [-0.15, -0.1) is 0 Å². The molecule has 1 atom stereocenters. The van der Waals surface area contributed by atoms with Gasteiger partial charge in [0.1, 0.15) is 11.5 Å². The summed E-state index contributed by atoms with van der Waals surface area (Å²) >= 11 is 0. The molecule has 0 aromatic heterocycles. The number of aliphatic carboxylic acids is 1. The molecular formula is C16H25NO4. The third-order valence-electron chi connectivity index (χ3n) is 3.63. The molecule has 5 heteroatoms. The van der Waals surface area contributed by atoms with Gasteiger partial charge < -0.3 is 14.6 Å². The van der Waals surface area contributed by atoms with Crippen molar-refractivity contribution < 1.29 is 19.4 Å². The first kappa shape index (κ1) is 17.3. The van der Waals surface area contributed by atoms with Crippen molar-refractivity contribution in [2.24, 2.45) is 0 Å². The van der Waals surface area contributed by atoms with Gasteiger partial charge in [0.15, 0.2) is 0 Å². The average molecular weight is 295 g/mol. The zero-order valence-electron chi connectivity index (χ0n) is 13.4. The lowest BCUT2D eigenvalue weighted by molar-refractivity contribution is -0.137. The SMILES string of the molecule is COc1ccc(OC)c(C(C)N(CCC(=O)O)C(C)C)c1. The normalized spacial score (nSPS) is 12.5. The Bertz CT molecular complexity index is 473. The summed E-state index contributed by atoms with van der Waals surface area (Å²) < 4.78 is 10.7. The Morgan fingerprint density at radius 1 is 1.24 bits per heavy atom. The number of nitrogens with zero attached hydrogens (tertiary/aromatic N) is 1. The van der Waals surface area contributed by atoms with E-state index in [4.69, 9.17) is 14.6 Å². The standard InChI is InChI=1S/C16H25NO4/c1-11(2)17(9-8-16(18)19)12(3)14-10-13(20-4)6-7-15(14)21-5/h6-7,10-12H,8-9H2,1-5H3,(H,18,19). The van der Waals surface area contributed by atoms with Gasteiger partial charge in [-0.3, -0.25) is 9.69 Å². The lowest BCUT2D eigenvalue weighted by atomic mass is 10.0. The molecule has 21 heavy (non-hydrogen) atoms. The lowest BCUT2D eigenvalue weighted by Crippen LogP contribution is -2.35. The lowest BCUT2D eigenvalue weighted by Gasteiger charge is -2.33. The predicted octanol–water partition coefficient (Wildman–Crippen LogP) is 2.95. The van der Waals surface area contributed by atoms with E-state index in [1.165, 1.54) is 0 Å². The molecule has 1 N–H and O–H groups in total. The largest absolute Gasteiger partial charge is 0.497 e. The highest BCUT2D eigenvalue weighted by atomic mass is 16.5. The molecule has 0 aliphatic carbocycles. The third kappa shape index (κ3) is 4.63. The molecule has 0 bridgehead atoms. The molecule has 0 saturated carbocycles. The number of benzene rings is 1. The number of hydrogen-bond acceptors (Lipinski definition) is 4.